The lowest BCUT2D eigenvalue weighted by molar-refractivity contribution is -0.119. The summed E-state index contributed by atoms with van der Waals surface area (Å²) in [6.45, 7) is 1.03. The number of benzene rings is 1. The van der Waals surface area contributed by atoms with Crippen LogP contribution in [0.3, 0.4) is 0 Å². The van der Waals surface area contributed by atoms with Crippen molar-refractivity contribution in [1.29, 1.82) is 0 Å². The van der Waals surface area contributed by atoms with Crippen molar-refractivity contribution in [1.82, 2.24) is 0 Å². The van der Waals surface area contributed by atoms with Crippen LogP contribution in [-0.4, -0.2) is 27.5 Å². The summed E-state index contributed by atoms with van der Waals surface area (Å²) in [6.07, 6.45) is 0.709. The lowest BCUT2D eigenvalue weighted by Crippen LogP contribution is -2.22. The number of rotatable bonds is 3. The monoisotopic (exact) mass is 270 g/mol. The molecule has 0 aliphatic carbocycles. The standard InChI is InChI=1S/C11H14N2O4S/c12-18(15,16)10-3-1-9(2-4-10)13-11(14)8-5-6-17-7-8/h1-4,8H,5-7H2,(H,13,14)(H2,12,15,16). The number of hydrogen-bond donors (Lipinski definition) is 2. The van der Waals surface area contributed by atoms with Crippen molar-refractivity contribution in [3.8, 4) is 0 Å². The Bertz CT molecular complexity index is 533. The molecule has 1 amide bonds. The van der Waals surface area contributed by atoms with Crippen LogP contribution in [0.25, 0.3) is 0 Å². The second-order valence-electron chi connectivity index (χ2n) is 4.12. The normalized spacial score (nSPS) is 19.7. The van der Waals surface area contributed by atoms with Gasteiger partial charge in [-0.1, -0.05) is 0 Å². The summed E-state index contributed by atoms with van der Waals surface area (Å²) < 4.78 is 27.2. The van der Waals surface area contributed by atoms with E-state index in [2.05, 4.69) is 5.32 Å². The van der Waals surface area contributed by atoms with E-state index in [1.807, 2.05) is 0 Å². The van der Waals surface area contributed by atoms with Crippen molar-refractivity contribution < 1.29 is 17.9 Å². The molecule has 3 N–H and O–H groups in total. The summed E-state index contributed by atoms with van der Waals surface area (Å²) in [4.78, 5) is 11.8. The summed E-state index contributed by atoms with van der Waals surface area (Å²) in [5.74, 6) is -0.251. The predicted octanol–water partition coefficient (Wildman–Crippen LogP) is 0.309. The first-order valence-electron chi connectivity index (χ1n) is 5.48. The Hall–Kier alpha value is -1.44. The molecule has 7 heteroatoms. The van der Waals surface area contributed by atoms with Gasteiger partial charge in [-0.05, 0) is 30.7 Å². The van der Waals surface area contributed by atoms with Gasteiger partial charge in [0, 0.05) is 12.3 Å². The minimum absolute atomic E-state index is 0.0182. The molecule has 1 fully saturated rings. The highest BCUT2D eigenvalue weighted by atomic mass is 32.2. The molecule has 1 aromatic carbocycles. The van der Waals surface area contributed by atoms with E-state index in [9.17, 15) is 13.2 Å². The molecule has 1 atom stereocenters. The molecule has 1 unspecified atom stereocenters. The van der Waals surface area contributed by atoms with Gasteiger partial charge in [0.05, 0.1) is 17.4 Å². The van der Waals surface area contributed by atoms with Crippen molar-refractivity contribution in [3.05, 3.63) is 24.3 Å². The van der Waals surface area contributed by atoms with Gasteiger partial charge in [-0.3, -0.25) is 4.79 Å². The maximum atomic E-state index is 11.8. The fourth-order valence-electron chi connectivity index (χ4n) is 1.71. The Balaban J connectivity index is 2.04. The highest BCUT2D eigenvalue weighted by molar-refractivity contribution is 7.89. The van der Waals surface area contributed by atoms with E-state index >= 15 is 0 Å². The van der Waals surface area contributed by atoms with Gasteiger partial charge in [-0.15, -0.1) is 0 Å². The Labute approximate surface area is 105 Å². The molecular weight excluding hydrogens is 256 g/mol. The lowest BCUT2D eigenvalue weighted by Gasteiger charge is -2.09. The largest absolute Gasteiger partial charge is 0.381 e. The van der Waals surface area contributed by atoms with Crippen LogP contribution in [0.4, 0.5) is 5.69 Å². The Morgan fingerprint density at radius 3 is 2.50 bits per heavy atom. The van der Waals surface area contributed by atoms with Crippen LogP contribution in [0, 0.1) is 5.92 Å². The average Bonchev–Trinajstić information content (AvgIpc) is 2.82. The number of amides is 1. The third kappa shape index (κ3) is 3.06. The summed E-state index contributed by atoms with van der Waals surface area (Å²) in [5, 5.41) is 7.68. The first-order valence-corrected chi connectivity index (χ1v) is 7.03. The Morgan fingerprint density at radius 1 is 1.33 bits per heavy atom. The molecule has 0 bridgehead atoms. The van der Waals surface area contributed by atoms with Gasteiger partial charge in [-0.25, -0.2) is 13.6 Å². The number of nitrogens with two attached hydrogens (primary N) is 1. The van der Waals surface area contributed by atoms with E-state index in [1.165, 1.54) is 24.3 Å². The fourth-order valence-corrected chi connectivity index (χ4v) is 2.23. The van der Waals surface area contributed by atoms with Gasteiger partial charge < -0.3 is 10.1 Å². The minimum Gasteiger partial charge on any atom is -0.381 e. The van der Waals surface area contributed by atoms with Gasteiger partial charge in [0.25, 0.3) is 0 Å². The number of hydrogen-bond acceptors (Lipinski definition) is 4. The van der Waals surface area contributed by atoms with Gasteiger partial charge in [0.15, 0.2) is 0 Å². The second kappa shape index (κ2) is 5.05. The van der Waals surface area contributed by atoms with Crippen molar-refractivity contribution >= 4 is 21.6 Å². The molecular formula is C11H14N2O4S. The fraction of sp³-hybridized carbons (Fsp3) is 0.364. The minimum atomic E-state index is -3.70. The molecule has 0 spiro atoms. The van der Waals surface area contributed by atoms with E-state index in [-0.39, 0.29) is 16.7 Å². The number of ether oxygens (including phenoxy) is 1. The van der Waals surface area contributed by atoms with E-state index in [1.54, 1.807) is 0 Å². The van der Waals surface area contributed by atoms with Gasteiger partial charge in [0.2, 0.25) is 15.9 Å². The predicted molar refractivity (Wildman–Crippen MR) is 65.4 cm³/mol. The summed E-state index contributed by atoms with van der Waals surface area (Å²) in [5.41, 5.74) is 0.541. The number of carbonyl (C=O) groups is 1. The summed E-state index contributed by atoms with van der Waals surface area (Å²) in [7, 11) is -3.70. The van der Waals surface area contributed by atoms with Gasteiger partial charge >= 0.3 is 0 Å². The molecule has 2 rings (SSSR count). The smallest absolute Gasteiger partial charge is 0.238 e. The van der Waals surface area contributed by atoms with Crippen molar-refractivity contribution in [2.75, 3.05) is 18.5 Å². The van der Waals surface area contributed by atoms with Crippen molar-refractivity contribution in [2.45, 2.75) is 11.3 Å². The summed E-state index contributed by atoms with van der Waals surface area (Å²) in [6, 6.07) is 5.73. The van der Waals surface area contributed by atoms with Crippen LogP contribution in [0.1, 0.15) is 6.42 Å². The van der Waals surface area contributed by atoms with Crippen LogP contribution in [0.15, 0.2) is 29.2 Å². The number of carbonyl (C=O) groups excluding carboxylic acids is 1. The molecule has 0 radical (unpaired) electrons. The van der Waals surface area contributed by atoms with E-state index in [4.69, 9.17) is 9.88 Å². The van der Waals surface area contributed by atoms with Gasteiger partial charge in [-0.2, -0.15) is 0 Å². The van der Waals surface area contributed by atoms with E-state index < -0.39 is 10.0 Å². The zero-order valence-electron chi connectivity index (χ0n) is 9.63. The zero-order chi connectivity index (χ0) is 13.2. The van der Waals surface area contributed by atoms with Crippen LogP contribution < -0.4 is 10.5 Å². The molecule has 18 heavy (non-hydrogen) atoms. The molecule has 1 heterocycles. The maximum Gasteiger partial charge on any atom is 0.238 e. The molecule has 6 nitrogen and oxygen atoms in total. The molecule has 1 aromatic rings. The average molecular weight is 270 g/mol. The first-order chi connectivity index (χ1) is 8.47. The van der Waals surface area contributed by atoms with E-state index in [0.717, 1.165) is 0 Å². The van der Waals surface area contributed by atoms with Crippen molar-refractivity contribution in [2.24, 2.45) is 11.1 Å². The Kier molecular flexibility index (Phi) is 3.65. The SMILES string of the molecule is NS(=O)(=O)c1ccc(NC(=O)C2CCOC2)cc1. The van der Waals surface area contributed by atoms with E-state index in [0.29, 0.717) is 25.3 Å². The number of nitrogens with one attached hydrogen (secondary N) is 1. The maximum absolute atomic E-state index is 11.8. The third-order valence-corrected chi connectivity index (χ3v) is 3.68. The summed E-state index contributed by atoms with van der Waals surface area (Å²) >= 11 is 0. The molecule has 0 aromatic heterocycles. The topological polar surface area (TPSA) is 98.5 Å². The number of sulfonamides is 1. The molecule has 1 aliphatic rings. The molecule has 0 saturated carbocycles. The zero-order valence-corrected chi connectivity index (χ0v) is 10.4. The molecule has 1 aliphatic heterocycles. The van der Waals surface area contributed by atoms with Crippen LogP contribution in [0.5, 0.6) is 0 Å². The molecule has 1 saturated heterocycles. The Morgan fingerprint density at radius 2 is 2.00 bits per heavy atom. The van der Waals surface area contributed by atoms with Crippen LogP contribution in [-0.2, 0) is 19.6 Å². The van der Waals surface area contributed by atoms with Crippen molar-refractivity contribution in [3.63, 3.8) is 0 Å². The van der Waals surface area contributed by atoms with Gasteiger partial charge in [0.1, 0.15) is 0 Å². The van der Waals surface area contributed by atoms with Crippen LogP contribution >= 0.6 is 0 Å². The number of anilines is 1. The number of primary sulfonamides is 1. The lowest BCUT2D eigenvalue weighted by atomic mass is 10.1. The molecule has 98 valence electrons. The highest BCUT2D eigenvalue weighted by Crippen LogP contribution is 2.17. The highest BCUT2D eigenvalue weighted by Gasteiger charge is 2.23. The quantitative estimate of drug-likeness (QED) is 0.825. The first kappa shape index (κ1) is 13.0. The third-order valence-electron chi connectivity index (χ3n) is 2.75. The second-order valence-corrected chi connectivity index (χ2v) is 5.68. The van der Waals surface area contributed by atoms with Crippen LogP contribution in [0.2, 0.25) is 0 Å².